The summed E-state index contributed by atoms with van der Waals surface area (Å²) in [6.45, 7) is 0. The Kier molecular flexibility index (Phi) is 3.54. The van der Waals surface area contributed by atoms with E-state index in [1.807, 2.05) is 18.2 Å². The fourth-order valence-corrected chi connectivity index (χ4v) is 2.41. The summed E-state index contributed by atoms with van der Waals surface area (Å²) in [5.74, 6) is 2.14. The molecule has 2 heterocycles. The van der Waals surface area contributed by atoms with Gasteiger partial charge in [-0.1, -0.05) is 6.08 Å². The van der Waals surface area contributed by atoms with Gasteiger partial charge in [-0.15, -0.1) is 0 Å². The molecule has 3 aliphatic rings. The van der Waals surface area contributed by atoms with Gasteiger partial charge in [-0.2, -0.15) is 0 Å². The van der Waals surface area contributed by atoms with Crippen LogP contribution < -0.4 is 0 Å². The van der Waals surface area contributed by atoms with Crippen LogP contribution >= 0.6 is 18.1 Å². The Hall–Kier alpha value is -1.44. The Labute approximate surface area is 108 Å². The molecule has 7 heteroatoms. The molecule has 0 N–H and O–H groups in total. The molecule has 3 rings (SSSR count). The quantitative estimate of drug-likeness (QED) is 0.637. The molecule has 2 aliphatic heterocycles. The zero-order valence-corrected chi connectivity index (χ0v) is 11.2. The third-order valence-electron chi connectivity index (χ3n) is 2.29. The molecule has 0 aromatic carbocycles. The molecular formula is C11H10O5P2. The summed E-state index contributed by atoms with van der Waals surface area (Å²) in [6, 6.07) is 0. The summed E-state index contributed by atoms with van der Waals surface area (Å²) < 4.78 is 26.8. The Balaban J connectivity index is 1.71. The van der Waals surface area contributed by atoms with E-state index in [9.17, 15) is 0 Å². The number of fused-ring (bicyclic) bond motifs is 3. The van der Waals surface area contributed by atoms with Crippen molar-refractivity contribution in [3.05, 3.63) is 59.9 Å². The van der Waals surface area contributed by atoms with Gasteiger partial charge in [-0.25, -0.2) is 0 Å². The van der Waals surface area contributed by atoms with E-state index in [0.29, 0.717) is 12.2 Å². The molecule has 18 heavy (non-hydrogen) atoms. The molecular weight excluding hydrogens is 274 g/mol. The molecule has 0 saturated heterocycles. The first-order chi connectivity index (χ1) is 8.92. The normalized spacial score (nSPS) is 24.4. The van der Waals surface area contributed by atoms with Crippen molar-refractivity contribution in [3.8, 4) is 0 Å². The van der Waals surface area contributed by atoms with Crippen molar-refractivity contribution in [1.29, 1.82) is 0 Å². The van der Waals surface area contributed by atoms with E-state index in [1.54, 1.807) is 18.8 Å². The van der Waals surface area contributed by atoms with E-state index in [0.717, 1.165) is 17.1 Å². The molecule has 0 fully saturated rings. The van der Waals surface area contributed by atoms with Gasteiger partial charge in [0.1, 0.15) is 36.1 Å². The molecule has 1 aliphatic carbocycles. The van der Waals surface area contributed by atoms with Crippen molar-refractivity contribution in [3.63, 3.8) is 0 Å². The predicted molar refractivity (Wildman–Crippen MR) is 68.1 cm³/mol. The lowest BCUT2D eigenvalue weighted by molar-refractivity contribution is 0.332. The van der Waals surface area contributed by atoms with E-state index in [2.05, 4.69) is 0 Å². The lowest BCUT2D eigenvalue weighted by Gasteiger charge is -2.07. The van der Waals surface area contributed by atoms with Crippen molar-refractivity contribution < 1.29 is 22.8 Å². The smallest absolute Gasteiger partial charge is 0.274 e. The Morgan fingerprint density at radius 2 is 1.83 bits per heavy atom. The lowest BCUT2D eigenvalue weighted by atomic mass is 10.3. The van der Waals surface area contributed by atoms with Crippen LogP contribution in [0.1, 0.15) is 6.42 Å². The number of hydrogen-bond acceptors (Lipinski definition) is 5. The summed E-state index contributed by atoms with van der Waals surface area (Å²) in [5.41, 5.74) is 0.865. The molecule has 0 aromatic rings. The minimum Gasteiger partial charge on any atom is -0.462 e. The van der Waals surface area contributed by atoms with Crippen LogP contribution in [0, 0.1) is 0 Å². The van der Waals surface area contributed by atoms with Gasteiger partial charge in [-0.05, 0) is 12.2 Å². The van der Waals surface area contributed by atoms with E-state index in [-0.39, 0.29) is 18.1 Å². The summed E-state index contributed by atoms with van der Waals surface area (Å²) in [4.78, 5) is 0. The molecule has 0 spiro atoms. The van der Waals surface area contributed by atoms with Crippen LogP contribution in [-0.4, -0.2) is 0 Å². The van der Waals surface area contributed by atoms with Gasteiger partial charge in [0.2, 0.25) is 0 Å². The molecule has 94 valence electrons. The Morgan fingerprint density at radius 1 is 0.944 bits per heavy atom. The first kappa shape index (κ1) is 11.6. The molecule has 0 radical (unpaired) electrons. The number of allylic oxidation sites excluding steroid dienone is 3. The Bertz CT molecular complexity index is 490. The highest BCUT2D eigenvalue weighted by Gasteiger charge is 2.15. The predicted octanol–water partition coefficient (Wildman–Crippen LogP) is 3.52. The highest BCUT2D eigenvalue weighted by atomic mass is 31.1. The minimum absolute atomic E-state index is 0.112. The first-order valence-electron chi connectivity index (χ1n) is 5.20. The molecule has 2 atom stereocenters. The van der Waals surface area contributed by atoms with Crippen molar-refractivity contribution in [1.82, 2.24) is 0 Å². The van der Waals surface area contributed by atoms with Crippen molar-refractivity contribution >= 4 is 18.1 Å². The maximum atomic E-state index is 5.49. The second-order valence-corrected chi connectivity index (χ2v) is 4.75. The van der Waals surface area contributed by atoms with Gasteiger partial charge < -0.3 is 22.8 Å². The van der Waals surface area contributed by atoms with Gasteiger partial charge in [0.15, 0.2) is 0 Å². The van der Waals surface area contributed by atoms with Crippen LogP contribution in [0.4, 0.5) is 0 Å². The zero-order chi connectivity index (χ0) is 12.2. The third-order valence-corrected chi connectivity index (χ3v) is 3.37. The second-order valence-electron chi connectivity index (χ2n) is 3.53. The molecule has 0 aromatic heterocycles. The average molecular weight is 284 g/mol. The topological polar surface area (TPSA) is 46.2 Å². The second kappa shape index (κ2) is 5.47. The highest BCUT2D eigenvalue weighted by molar-refractivity contribution is 7.26. The number of rotatable bonds is 0. The summed E-state index contributed by atoms with van der Waals surface area (Å²) in [6.07, 6.45) is 10.9. The van der Waals surface area contributed by atoms with E-state index in [1.165, 1.54) is 0 Å². The van der Waals surface area contributed by atoms with Crippen LogP contribution in [-0.2, 0) is 22.8 Å². The van der Waals surface area contributed by atoms with Gasteiger partial charge in [-0.3, -0.25) is 0 Å². The molecule has 2 unspecified atom stereocenters. The Morgan fingerprint density at radius 3 is 2.83 bits per heavy atom. The summed E-state index contributed by atoms with van der Waals surface area (Å²) in [5, 5.41) is 0. The third kappa shape index (κ3) is 2.69. The maximum Gasteiger partial charge on any atom is 0.274 e. The van der Waals surface area contributed by atoms with Crippen molar-refractivity contribution in [2.45, 2.75) is 6.42 Å². The number of hydrogen-bond donors (Lipinski definition) is 0. The molecule has 0 saturated carbocycles. The average Bonchev–Trinajstić information content (AvgIpc) is 3.00. The largest absolute Gasteiger partial charge is 0.462 e. The first-order valence-corrected chi connectivity index (χ1v) is 6.84. The van der Waals surface area contributed by atoms with E-state index < -0.39 is 0 Å². The summed E-state index contributed by atoms with van der Waals surface area (Å²) in [7, 11) is -0.239. The standard InChI is InChI=1S/C11H10O5P2/c1-2-8-5-13-17-15-10-4-9(12-6-10)7-14-18-16-11(8)3-1/h1-3,5-7,17-18H,4H2. The summed E-state index contributed by atoms with van der Waals surface area (Å²) >= 11 is 0. The zero-order valence-electron chi connectivity index (χ0n) is 9.21. The number of ether oxygens (including phenoxy) is 1. The fraction of sp³-hybridized carbons (Fsp3) is 0.0909. The maximum absolute atomic E-state index is 5.49. The minimum atomic E-state index is -0.127. The van der Waals surface area contributed by atoms with Crippen LogP contribution in [0.15, 0.2) is 59.9 Å². The van der Waals surface area contributed by atoms with Crippen LogP contribution in [0.3, 0.4) is 0 Å². The van der Waals surface area contributed by atoms with Crippen molar-refractivity contribution in [2.24, 2.45) is 0 Å². The molecule has 2 bridgehead atoms. The van der Waals surface area contributed by atoms with Crippen LogP contribution in [0.2, 0.25) is 0 Å². The highest BCUT2D eigenvalue weighted by Crippen LogP contribution is 2.34. The lowest BCUT2D eigenvalue weighted by Crippen LogP contribution is -1.84. The van der Waals surface area contributed by atoms with E-state index in [4.69, 9.17) is 22.8 Å². The van der Waals surface area contributed by atoms with E-state index >= 15 is 0 Å². The van der Waals surface area contributed by atoms with Gasteiger partial charge in [0, 0.05) is 0 Å². The van der Waals surface area contributed by atoms with Crippen LogP contribution in [0.25, 0.3) is 0 Å². The fourth-order valence-electron chi connectivity index (χ4n) is 1.46. The van der Waals surface area contributed by atoms with Crippen LogP contribution in [0.5, 0.6) is 0 Å². The van der Waals surface area contributed by atoms with Gasteiger partial charge in [0.05, 0.1) is 12.0 Å². The van der Waals surface area contributed by atoms with Crippen molar-refractivity contribution in [2.75, 3.05) is 0 Å². The molecule has 0 amide bonds. The van der Waals surface area contributed by atoms with Gasteiger partial charge >= 0.3 is 0 Å². The monoisotopic (exact) mass is 284 g/mol. The molecule has 5 nitrogen and oxygen atoms in total. The SMILES string of the molecule is C1=CC2=COPOC3=COC(=COPOC2=C1)C3. The van der Waals surface area contributed by atoms with Gasteiger partial charge in [0.25, 0.3) is 18.1 Å².